The molecule has 12 heteroatoms. The lowest BCUT2D eigenvalue weighted by atomic mass is 10.1. The van der Waals surface area contributed by atoms with Crippen LogP contribution in [0.25, 0.3) is 11.0 Å². The number of nitrogens with zero attached hydrogens (tertiary/aromatic N) is 4. The summed E-state index contributed by atoms with van der Waals surface area (Å²) in [4.78, 5) is 44.7. The Kier molecular flexibility index (Phi) is 7.23. The number of aromatic nitrogens is 2. The van der Waals surface area contributed by atoms with Crippen molar-refractivity contribution in [3.05, 3.63) is 80.8 Å². The van der Waals surface area contributed by atoms with Crippen LogP contribution >= 0.6 is 0 Å². The van der Waals surface area contributed by atoms with Gasteiger partial charge in [0.15, 0.2) is 0 Å². The van der Waals surface area contributed by atoms with Gasteiger partial charge in [0.2, 0.25) is 5.82 Å². The first-order valence-corrected chi connectivity index (χ1v) is 11.0. The SMILES string of the molecule is CCOC(=O)CCN(Cc1ccco1)c1ncnc(Oc2ccc3oc(=O)cc(C)c3c2)c1[N+](=O)[O-]. The van der Waals surface area contributed by atoms with Crippen LogP contribution in [-0.2, 0) is 16.1 Å². The van der Waals surface area contributed by atoms with Gasteiger partial charge in [-0.2, -0.15) is 4.98 Å². The average Bonchev–Trinajstić information content (AvgIpc) is 3.35. The third kappa shape index (κ3) is 5.49. The molecule has 12 nitrogen and oxygen atoms in total. The molecule has 3 aromatic heterocycles. The van der Waals surface area contributed by atoms with E-state index in [1.807, 2.05) is 0 Å². The fraction of sp³-hybridized carbons (Fsp3) is 0.250. The summed E-state index contributed by atoms with van der Waals surface area (Å²) in [5.74, 6) is -0.0287. The first-order valence-electron chi connectivity index (χ1n) is 11.0. The standard InChI is InChI=1S/C24H22N4O8/c1-3-33-20(29)8-9-27(13-17-5-4-10-34-17)23-22(28(31)32)24(26-14-25-23)35-16-6-7-19-18(12-16)15(2)11-21(30)36-19/h4-7,10-12,14H,3,8-9,13H2,1-2H3. The van der Waals surface area contributed by atoms with Crippen LogP contribution in [0.5, 0.6) is 11.6 Å². The Morgan fingerprint density at radius 1 is 1.22 bits per heavy atom. The molecule has 0 fully saturated rings. The minimum absolute atomic E-state index is 0.0267. The van der Waals surface area contributed by atoms with Crippen LogP contribution in [0.4, 0.5) is 11.5 Å². The van der Waals surface area contributed by atoms with Crippen LogP contribution in [0, 0.1) is 17.0 Å². The van der Waals surface area contributed by atoms with Crippen molar-refractivity contribution in [3.63, 3.8) is 0 Å². The molecule has 4 rings (SSSR count). The van der Waals surface area contributed by atoms with E-state index < -0.39 is 22.2 Å². The third-order valence-corrected chi connectivity index (χ3v) is 5.20. The van der Waals surface area contributed by atoms with Gasteiger partial charge in [-0.15, -0.1) is 0 Å². The van der Waals surface area contributed by atoms with E-state index in [2.05, 4.69) is 9.97 Å². The van der Waals surface area contributed by atoms with Crippen LogP contribution < -0.4 is 15.3 Å². The molecule has 0 aliphatic heterocycles. The molecular weight excluding hydrogens is 472 g/mol. The number of benzene rings is 1. The number of ether oxygens (including phenoxy) is 2. The molecule has 0 atom stereocenters. The fourth-order valence-corrected chi connectivity index (χ4v) is 3.60. The van der Waals surface area contributed by atoms with Crippen LogP contribution in [0.2, 0.25) is 0 Å². The van der Waals surface area contributed by atoms with Gasteiger partial charge >= 0.3 is 23.2 Å². The lowest BCUT2D eigenvalue weighted by molar-refractivity contribution is -0.385. The number of aryl methyl sites for hydroxylation is 1. The largest absolute Gasteiger partial charge is 0.467 e. The van der Waals surface area contributed by atoms with Crippen molar-refractivity contribution in [3.8, 4) is 11.6 Å². The molecule has 0 bridgehead atoms. The lowest BCUT2D eigenvalue weighted by Gasteiger charge is -2.22. The number of esters is 1. The Morgan fingerprint density at radius 3 is 2.78 bits per heavy atom. The van der Waals surface area contributed by atoms with Crippen LogP contribution in [-0.4, -0.2) is 34.0 Å². The molecule has 186 valence electrons. The first kappa shape index (κ1) is 24.4. The Bertz CT molecular complexity index is 1450. The molecule has 0 aliphatic rings. The van der Waals surface area contributed by atoms with Gasteiger partial charge in [0.1, 0.15) is 23.4 Å². The number of anilines is 1. The highest BCUT2D eigenvalue weighted by Crippen LogP contribution is 2.37. The Labute approximate surface area is 204 Å². The summed E-state index contributed by atoms with van der Waals surface area (Å²) >= 11 is 0. The van der Waals surface area contributed by atoms with E-state index >= 15 is 0 Å². The summed E-state index contributed by atoms with van der Waals surface area (Å²) in [5.41, 5.74) is 0.0514. The van der Waals surface area contributed by atoms with Gasteiger partial charge in [0.25, 0.3) is 0 Å². The van der Waals surface area contributed by atoms with Crippen molar-refractivity contribution >= 4 is 28.4 Å². The predicted octanol–water partition coefficient (Wildman–Crippen LogP) is 4.14. The van der Waals surface area contributed by atoms with E-state index in [0.29, 0.717) is 22.3 Å². The Hall–Kier alpha value is -4.74. The highest BCUT2D eigenvalue weighted by atomic mass is 16.6. The quantitative estimate of drug-likeness (QED) is 0.135. The zero-order valence-electron chi connectivity index (χ0n) is 19.5. The molecule has 0 spiro atoms. The number of carbonyl (C=O) groups is 1. The van der Waals surface area contributed by atoms with Crippen LogP contribution in [0.3, 0.4) is 0 Å². The number of hydrogen-bond donors (Lipinski definition) is 0. The van der Waals surface area contributed by atoms with Crippen molar-refractivity contribution in [2.24, 2.45) is 0 Å². The molecule has 0 aliphatic carbocycles. The maximum Gasteiger partial charge on any atom is 0.373 e. The van der Waals surface area contributed by atoms with Crippen LogP contribution in [0.1, 0.15) is 24.7 Å². The second kappa shape index (κ2) is 10.7. The summed E-state index contributed by atoms with van der Waals surface area (Å²) in [6.07, 6.45) is 2.59. The van der Waals surface area contributed by atoms with E-state index in [4.69, 9.17) is 18.3 Å². The minimum atomic E-state index is -0.643. The maximum atomic E-state index is 12.1. The van der Waals surface area contributed by atoms with Crippen molar-refractivity contribution in [1.82, 2.24) is 9.97 Å². The number of nitro groups is 1. The molecule has 0 saturated heterocycles. The molecular formula is C24H22N4O8. The summed E-state index contributed by atoms with van der Waals surface area (Å²) in [6.45, 7) is 3.84. The predicted molar refractivity (Wildman–Crippen MR) is 127 cm³/mol. The molecule has 0 N–H and O–H groups in total. The van der Waals surface area contributed by atoms with Gasteiger partial charge in [-0.1, -0.05) is 0 Å². The number of rotatable bonds is 10. The fourth-order valence-electron chi connectivity index (χ4n) is 3.60. The molecule has 0 unspecified atom stereocenters. The zero-order valence-corrected chi connectivity index (χ0v) is 19.5. The highest BCUT2D eigenvalue weighted by Gasteiger charge is 2.30. The van der Waals surface area contributed by atoms with Crippen LogP contribution in [0.15, 0.2) is 62.6 Å². The van der Waals surface area contributed by atoms with Crippen molar-refractivity contribution in [2.45, 2.75) is 26.8 Å². The van der Waals surface area contributed by atoms with Gasteiger partial charge < -0.3 is 23.2 Å². The monoisotopic (exact) mass is 494 g/mol. The van der Waals surface area contributed by atoms with E-state index in [1.54, 1.807) is 32.0 Å². The van der Waals surface area contributed by atoms with E-state index in [-0.39, 0.29) is 43.6 Å². The maximum absolute atomic E-state index is 12.1. The lowest BCUT2D eigenvalue weighted by Crippen LogP contribution is -2.28. The summed E-state index contributed by atoms with van der Waals surface area (Å²) < 4.78 is 21.4. The van der Waals surface area contributed by atoms with Crippen molar-refractivity contribution < 1.29 is 28.0 Å². The molecule has 0 saturated carbocycles. The second-order valence-corrected chi connectivity index (χ2v) is 7.67. The van der Waals surface area contributed by atoms with E-state index in [9.17, 15) is 19.7 Å². The van der Waals surface area contributed by atoms with E-state index in [1.165, 1.54) is 29.4 Å². The molecule has 3 heterocycles. The average molecular weight is 494 g/mol. The highest BCUT2D eigenvalue weighted by molar-refractivity contribution is 5.81. The topological polar surface area (TPSA) is 151 Å². The smallest absolute Gasteiger partial charge is 0.373 e. The first-order chi connectivity index (χ1) is 17.4. The molecule has 0 radical (unpaired) electrons. The Morgan fingerprint density at radius 2 is 2.06 bits per heavy atom. The van der Waals surface area contributed by atoms with Gasteiger partial charge in [-0.25, -0.2) is 9.78 Å². The molecule has 36 heavy (non-hydrogen) atoms. The number of hydrogen-bond acceptors (Lipinski definition) is 11. The third-order valence-electron chi connectivity index (χ3n) is 5.20. The molecule has 0 amide bonds. The Balaban J connectivity index is 1.71. The van der Waals surface area contributed by atoms with Gasteiger partial charge in [0.05, 0.1) is 30.8 Å². The van der Waals surface area contributed by atoms with E-state index in [0.717, 1.165) is 6.33 Å². The van der Waals surface area contributed by atoms with Crippen molar-refractivity contribution in [1.29, 1.82) is 0 Å². The minimum Gasteiger partial charge on any atom is -0.467 e. The van der Waals surface area contributed by atoms with Gasteiger partial charge in [-0.05, 0) is 49.7 Å². The number of fused-ring (bicyclic) bond motifs is 1. The second-order valence-electron chi connectivity index (χ2n) is 7.67. The normalized spacial score (nSPS) is 10.8. The summed E-state index contributed by atoms with van der Waals surface area (Å²) in [7, 11) is 0. The number of furan rings is 1. The van der Waals surface area contributed by atoms with Gasteiger partial charge in [0, 0.05) is 18.0 Å². The molecule has 1 aromatic carbocycles. The van der Waals surface area contributed by atoms with Gasteiger partial charge in [-0.3, -0.25) is 14.9 Å². The zero-order chi connectivity index (χ0) is 25.7. The number of carbonyl (C=O) groups excluding carboxylic acids is 1. The van der Waals surface area contributed by atoms with Crippen molar-refractivity contribution in [2.75, 3.05) is 18.1 Å². The summed E-state index contributed by atoms with van der Waals surface area (Å²) in [5, 5.41) is 12.7. The summed E-state index contributed by atoms with van der Waals surface area (Å²) in [6, 6.07) is 9.38. The molecule has 4 aromatic rings.